The Hall–Kier alpha value is -0.930. The second-order valence-electron chi connectivity index (χ2n) is 3.28. The SMILES string of the molecule is Cc1sc(Br)cc1S(=O)(=O)Nc1ncnn1C. The number of thiophene rings is 1. The van der Waals surface area contributed by atoms with Crippen LogP contribution in [0.4, 0.5) is 5.95 Å². The zero-order chi connectivity index (χ0) is 12.6. The largest absolute Gasteiger partial charge is 0.265 e. The first-order chi connectivity index (χ1) is 7.90. The van der Waals surface area contributed by atoms with Crippen LogP contribution in [0.3, 0.4) is 0 Å². The highest BCUT2D eigenvalue weighted by atomic mass is 79.9. The van der Waals surface area contributed by atoms with Gasteiger partial charge in [-0.15, -0.1) is 11.3 Å². The van der Waals surface area contributed by atoms with E-state index in [1.54, 1.807) is 20.0 Å². The van der Waals surface area contributed by atoms with E-state index in [2.05, 4.69) is 30.7 Å². The number of aryl methyl sites for hydroxylation is 2. The quantitative estimate of drug-likeness (QED) is 0.926. The van der Waals surface area contributed by atoms with Crippen molar-refractivity contribution in [1.82, 2.24) is 14.8 Å². The number of rotatable bonds is 3. The zero-order valence-corrected chi connectivity index (χ0v) is 12.2. The first kappa shape index (κ1) is 12.5. The molecule has 0 atom stereocenters. The Bertz CT molecular complexity index is 646. The summed E-state index contributed by atoms with van der Waals surface area (Å²) in [4.78, 5) is 4.78. The Morgan fingerprint density at radius 1 is 1.53 bits per heavy atom. The molecule has 0 aliphatic heterocycles. The lowest BCUT2D eigenvalue weighted by atomic mass is 10.5. The molecule has 2 rings (SSSR count). The highest BCUT2D eigenvalue weighted by molar-refractivity contribution is 9.11. The molecule has 0 unspecified atom stereocenters. The molecule has 0 fully saturated rings. The predicted molar refractivity (Wildman–Crippen MR) is 68.6 cm³/mol. The van der Waals surface area contributed by atoms with E-state index in [1.807, 2.05) is 0 Å². The van der Waals surface area contributed by atoms with Crippen molar-refractivity contribution >= 4 is 43.2 Å². The topological polar surface area (TPSA) is 76.9 Å². The summed E-state index contributed by atoms with van der Waals surface area (Å²) in [5.74, 6) is 0.187. The lowest BCUT2D eigenvalue weighted by Gasteiger charge is -2.05. The molecule has 0 amide bonds. The second kappa shape index (κ2) is 4.39. The van der Waals surface area contributed by atoms with Gasteiger partial charge in [0, 0.05) is 11.9 Å². The van der Waals surface area contributed by atoms with Gasteiger partial charge in [0.05, 0.1) is 3.79 Å². The Labute approximate surface area is 111 Å². The molecule has 0 spiro atoms. The van der Waals surface area contributed by atoms with Gasteiger partial charge in [0.25, 0.3) is 10.0 Å². The molecular weight excluding hydrogens is 328 g/mol. The number of nitrogens with zero attached hydrogens (tertiary/aromatic N) is 3. The lowest BCUT2D eigenvalue weighted by Crippen LogP contribution is -2.16. The van der Waals surface area contributed by atoms with Crippen LogP contribution in [0, 0.1) is 6.92 Å². The lowest BCUT2D eigenvalue weighted by molar-refractivity contribution is 0.600. The smallest absolute Gasteiger partial charge is 0.247 e. The Kier molecular flexibility index (Phi) is 3.23. The molecule has 0 aliphatic carbocycles. The van der Waals surface area contributed by atoms with Gasteiger partial charge in [0.2, 0.25) is 5.95 Å². The highest BCUT2D eigenvalue weighted by Crippen LogP contribution is 2.30. The van der Waals surface area contributed by atoms with E-state index in [0.29, 0.717) is 4.88 Å². The van der Waals surface area contributed by atoms with Crippen molar-refractivity contribution in [1.29, 1.82) is 0 Å². The molecule has 0 saturated carbocycles. The third-order valence-corrected chi connectivity index (χ3v) is 5.21. The number of sulfonamides is 1. The van der Waals surface area contributed by atoms with Gasteiger partial charge < -0.3 is 0 Å². The van der Waals surface area contributed by atoms with Gasteiger partial charge in [-0.2, -0.15) is 10.1 Å². The highest BCUT2D eigenvalue weighted by Gasteiger charge is 2.21. The number of hydrogen-bond donors (Lipinski definition) is 1. The molecular formula is C8H9BrN4O2S2. The molecule has 0 radical (unpaired) electrons. The maximum absolute atomic E-state index is 12.1. The van der Waals surface area contributed by atoms with Crippen molar-refractivity contribution in [2.24, 2.45) is 7.05 Å². The van der Waals surface area contributed by atoms with Crippen molar-refractivity contribution in [2.45, 2.75) is 11.8 Å². The van der Waals surface area contributed by atoms with Crippen LogP contribution in [-0.4, -0.2) is 23.2 Å². The average molecular weight is 337 g/mol. The normalized spacial score (nSPS) is 11.7. The van der Waals surface area contributed by atoms with Gasteiger partial charge in [-0.1, -0.05) is 0 Å². The summed E-state index contributed by atoms with van der Waals surface area (Å²) in [6.07, 6.45) is 1.29. The average Bonchev–Trinajstić information content (AvgIpc) is 2.74. The minimum atomic E-state index is -3.61. The van der Waals surface area contributed by atoms with E-state index in [4.69, 9.17) is 0 Å². The summed E-state index contributed by atoms with van der Waals surface area (Å²) in [6, 6.07) is 1.57. The maximum atomic E-state index is 12.1. The molecule has 9 heteroatoms. The maximum Gasteiger partial charge on any atom is 0.265 e. The fourth-order valence-electron chi connectivity index (χ4n) is 1.26. The van der Waals surface area contributed by atoms with Crippen molar-refractivity contribution in [3.05, 3.63) is 21.1 Å². The molecule has 2 aromatic heterocycles. The van der Waals surface area contributed by atoms with Gasteiger partial charge in [-0.3, -0.25) is 0 Å². The van der Waals surface area contributed by atoms with Gasteiger partial charge >= 0.3 is 0 Å². The fourth-order valence-corrected chi connectivity index (χ4v) is 4.71. The number of halogens is 1. The first-order valence-electron chi connectivity index (χ1n) is 4.53. The molecule has 17 heavy (non-hydrogen) atoms. The Balaban J connectivity index is 2.38. The number of hydrogen-bond acceptors (Lipinski definition) is 5. The molecule has 0 saturated heterocycles. The summed E-state index contributed by atoms with van der Waals surface area (Å²) in [7, 11) is -2.00. The van der Waals surface area contributed by atoms with Crippen LogP contribution in [0.1, 0.15) is 4.88 Å². The van der Waals surface area contributed by atoms with E-state index in [0.717, 1.165) is 3.79 Å². The van der Waals surface area contributed by atoms with Crippen LogP contribution in [-0.2, 0) is 17.1 Å². The summed E-state index contributed by atoms with van der Waals surface area (Å²) >= 11 is 4.63. The zero-order valence-electron chi connectivity index (χ0n) is 9.01. The van der Waals surface area contributed by atoms with E-state index in [-0.39, 0.29) is 10.8 Å². The molecule has 0 aromatic carbocycles. The number of aromatic nitrogens is 3. The second-order valence-corrected chi connectivity index (χ2v) is 7.57. The van der Waals surface area contributed by atoms with Gasteiger partial charge in [0.15, 0.2) is 0 Å². The molecule has 0 aliphatic rings. The van der Waals surface area contributed by atoms with Gasteiger partial charge in [-0.25, -0.2) is 17.8 Å². The third kappa shape index (κ3) is 2.50. The van der Waals surface area contributed by atoms with Gasteiger partial charge in [-0.05, 0) is 28.9 Å². The summed E-state index contributed by atoms with van der Waals surface area (Å²) in [5, 5.41) is 3.79. The first-order valence-corrected chi connectivity index (χ1v) is 7.62. The summed E-state index contributed by atoms with van der Waals surface area (Å²) in [5.41, 5.74) is 0. The Morgan fingerprint density at radius 2 is 2.24 bits per heavy atom. The van der Waals surface area contributed by atoms with Crippen LogP contribution in [0.5, 0.6) is 0 Å². The van der Waals surface area contributed by atoms with Crippen LogP contribution in [0.15, 0.2) is 21.1 Å². The van der Waals surface area contributed by atoms with Crippen molar-refractivity contribution in [3.8, 4) is 0 Å². The van der Waals surface area contributed by atoms with Crippen molar-refractivity contribution in [3.63, 3.8) is 0 Å². The van der Waals surface area contributed by atoms with Crippen LogP contribution in [0.2, 0.25) is 0 Å². The predicted octanol–water partition coefficient (Wildman–Crippen LogP) is 1.75. The molecule has 1 N–H and O–H groups in total. The Morgan fingerprint density at radius 3 is 2.71 bits per heavy atom. The molecule has 6 nitrogen and oxygen atoms in total. The van der Waals surface area contributed by atoms with Gasteiger partial charge in [0.1, 0.15) is 11.2 Å². The minimum absolute atomic E-state index is 0.187. The minimum Gasteiger partial charge on any atom is -0.247 e. The number of nitrogens with one attached hydrogen (secondary N) is 1. The van der Waals surface area contributed by atoms with E-state index in [9.17, 15) is 8.42 Å². The monoisotopic (exact) mass is 336 g/mol. The summed E-state index contributed by atoms with van der Waals surface area (Å²) < 4.78 is 28.7. The van der Waals surface area contributed by atoms with E-state index >= 15 is 0 Å². The van der Waals surface area contributed by atoms with Crippen molar-refractivity contribution < 1.29 is 8.42 Å². The standard InChI is InChI=1S/C8H9BrN4O2S2/c1-5-6(3-7(9)16-5)17(14,15)12-8-10-4-11-13(8)2/h3-4H,1-2H3,(H,10,11,12). The van der Waals surface area contributed by atoms with Crippen LogP contribution < -0.4 is 4.72 Å². The van der Waals surface area contributed by atoms with E-state index in [1.165, 1.54) is 22.3 Å². The summed E-state index contributed by atoms with van der Waals surface area (Å²) in [6.45, 7) is 1.75. The third-order valence-electron chi connectivity index (χ3n) is 2.07. The van der Waals surface area contributed by atoms with E-state index < -0.39 is 10.0 Å². The fraction of sp³-hybridized carbons (Fsp3) is 0.250. The molecule has 0 bridgehead atoms. The molecule has 2 heterocycles. The van der Waals surface area contributed by atoms with Crippen LogP contribution in [0.25, 0.3) is 0 Å². The van der Waals surface area contributed by atoms with Crippen molar-refractivity contribution in [2.75, 3.05) is 4.72 Å². The molecule has 92 valence electrons. The molecule has 2 aromatic rings. The van der Waals surface area contributed by atoms with Crippen LogP contribution >= 0.6 is 27.3 Å². The number of anilines is 1.